The van der Waals surface area contributed by atoms with E-state index < -0.39 is 5.97 Å². The maximum atomic E-state index is 12.2. The number of ether oxygens (including phenoxy) is 2. The third-order valence-corrected chi connectivity index (χ3v) is 7.13. The lowest BCUT2D eigenvalue weighted by Crippen LogP contribution is -2.10. The van der Waals surface area contributed by atoms with Gasteiger partial charge in [0.15, 0.2) is 0 Å². The van der Waals surface area contributed by atoms with E-state index in [1.54, 1.807) is 20.3 Å². The summed E-state index contributed by atoms with van der Waals surface area (Å²) in [5, 5.41) is 11.2. The van der Waals surface area contributed by atoms with E-state index in [4.69, 9.17) is 9.47 Å². The molecule has 0 atom stereocenters. The maximum absolute atomic E-state index is 12.2. The first-order chi connectivity index (χ1) is 16.0. The minimum absolute atomic E-state index is 0.299. The number of benzene rings is 2. The Kier molecular flexibility index (Phi) is 5.49. The van der Waals surface area contributed by atoms with Crippen LogP contribution in [0.25, 0.3) is 34.0 Å². The molecule has 33 heavy (non-hydrogen) atoms. The lowest BCUT2D eigenvalue weighted by atomic mass is 9.81. The van der Waals surface area contributed by atoms with Crippen LogP contribution in [0.2, 0.25) is 0 Å². The summed E-state index contributed by atoms with van der Waals surface area (Å²) in [5.41, 5.74) is 6.68. The van der Waals surface area contributed by atoms with Crippen LogP contribution >= 0.6 is 0 Å². The van der Waals surface area contributed by atoms with Crippen molar-refractivity contribution in [3.05, 3.63) is 65.2 Å². The second kappa shape index (κ2) is 8.47. The first kappa shape index (κ1) is 21.4. The van der Waals surface area contributed by atoms with Crippen molar-refractivity contribution in [3.8, 4) is 17.0 Å². The average molecular weight is 444 g/mol. The van der Waals surface area contributed by atoms with Gasteiger partial charge in [0.2, 0.25) is 0 Å². The molecular weight excluding hydrogens is 414 g/mol. The highest BCUT2D eigenvalue weighted by Gasteiger charge is 2.30. The van der Waals surface area contributed by atoms with Crippen LogP contribution in [0.4, 0.5) is 0 Å². The topological polar surface area (TPSA) is 60.7 Å². The third-order valence-electron chi connectivity index (χ3n) is 7.13. The Hall–Kier alpha value is -3.47. The lowest BCUT2D eigenvalue weighted by Gasteiger charge is -2.24. The zero-order valence-corrected chi connectivity index (χ0v) is 19.2. The number of hydrogen-bond acceptors (Lipinski definition) is 3. The van der Waals surface area contributed by atoms with E-state index in [0.717, 1.165) is 46.5 Å². The Labute approximate surface area is 193 Å². The normalized spacial score (nSPS) is 15.9. The van der Waals surface area contributed by atoms with Crippen molar-refractivity contribution in [1.82, 2.24) is 4.57 Å². The molecule has 1 aliphatic carbocycles. The molecule has 0 bridgehead atoms. The Morgan fingerprint density at radius 1 is 1.09 bits per heavy atom. The molecule has 1 fully saturated rings. The highest BCUT2D eigenvalue weighted by molar-refractivity contribution is 6.00. The highest BCUT2D eigenvalue weighted by Crippen LogP contribution is 2.47. The summed E-state index contributed by atoms with van der Waals surface area (Å²) in [4.78, 5) is 12.2. The van der Waals surface area contributed by atoms with Crippen LogP contribution in [0.15, 0.2) is 48.6 Å². The molecule has 1 saturated carbocycles. The minimum atomic E-state index is -0.907. The quantitative estimate of drug-likeness (QED) is 0.460. The van der Waals surface area contributed by atoms with Gasteiger partial charge in [-0.2, -0.15) is 0 Å². The van der Waals surface area contributed by atoms with Gasteiger partial charge < -0.3 is 19.1 Å². The molecule has 0 amide bonds. The van der Waals surface area contributed by atoms with Crippen molar-refractivity contribution in [2.75, 3.05) is 14.2 Å². The summed E-state index contributed by atoms with van der Waals surface area (Å²) in [6.45, 7) is 4.32. The summed E-state index contributed by atoms with van der Waals surface area (Å²) in [6, 6.07) is 12.3. The van der Waals surface area contributed by atoms with Crippen LogP contribution in [0.3, 0.4) is 0 Å². The molecule has 1 aliphatic heterocycles. The van der Waals surface area contributed by atoms with Crippen molar-refractivity contribution in [1.29, 1.82) is 0 Å². The monoisotopic (exact) mass is 443 g/mol. The van der Waals surface area contributed by atoms with Gasteiger partial charge in [0.25, 0.3) is 0 Å². The van der Waals surface area contributed by atoms with Gasteiger partial charge in [0, 0.05) is 22.0 Å². The van der Waals surface area contributed by atoms with Gasteiger partial charge in [-0.1, -0.05) is 38.0 Å². The second-order valence-corrected chi connectivity index (χ2v) is 8.97. The van der Waals surface area contributed by atoms with E-state index in [1.165, 1.54) is 30.2 Å². The van der Waals surface area contributed by atoms with Gasteiger partial charge >= 0.3 is 5.97 Å². The summed E-state index contributed by atoms with van der Waals surface area (Å²) in [7, 11) is 3.25. The maximum Gasteiger partial charge on any atom is 0.333 e. The van der Waals surface area contributed by atoms with Crippen molar-refractivity contribution in [2.24, 2.45) is 0 Å². The van der Waals surface area contributed by atoms with Crippen LogP contribution < -0.4 is 4.74 Å². The molecule has 0 radical (unpaired) electrons. The molecule has 3 aromatic rings. The molecule has 1 N–H and O–H groups in total. The zero-order valence-electron chi connectivity index (χ0n) is 19.2. The molecule has 5 rings (SSSR count). The summed E-state index contributed by atoms with van der Waals surface area (Å²) in [6.07, 6.45) is 7.84. The van der Waals surface area contributed by atoms with E-state index in [0.29, 0.717) is 23.8 Å². The van der Waals surface area contributed by atoms with Crippen LogP contribution in [-0.4, -0.2) is 29.9 Å². The predicted octanol–water partition coefficient (Wildman–Crippen LogP) is 6.46. The fraction of sp³-hybridized carbons (Fsp3) is 0.321. The molecule has 170 valence electrons. The standard InChI is InChI=1S/C28H29NO4/c1-17(32-2)19-9-11-24-25(15-19)29-16-21(28(30)31)13-20-14-22(33-3)10-12-23(20)27(29)26(24)18-7-5-4-6-8-18/h9-15,18H,1,4-8,16H2,2-3H3,(H,30,31). The number of aliphatic carboxylic acids is 1. The van der Waals surface area contributed by atoms with Gasteiger partial charge in [0.05, 0.1) is 32.0 Å². The molecule has 2 heterocycles. The van der Waals surface area contributed by atoms with E-state index in [-0.39, 0.29) is 0 Å². The van der Waals surface area contributed by atoms with Crippen molar-refractivity contribution in [2.45, 2.75) is 44.6 Å². The molecule has 0 spiro atoms. The molecule has 5 nitrogen and oxygen atoms in total. The van der Waals surface area contributed by atoms with E-state index in [2.05, 4.69) is 35.4 Å². The number of hydrogen-bond donors (Lipinski definition) is 1. The number of nitrogens with zero attached hydrogens (tertiary/aromatic N) is 1. The van der Waals surface area contributed by atoms with Crippen LogP contribution in [0.1, 0.15) is 54.7 Å². The van der Waals surface area contributed by atoms with E-state index in [1.807, 2.05) is 12.1 Å². The fourth-order valence-corrected chi connectivity index (χ4v) is 5.46. The molecule has 2 aromatic carbocycles. The summed E-state index contributed by atoms with van der Waals surface area (Å²) >= 11 is 0. The predicted molar refractivity (Wildman–Crippen MR) is 131 cm³/mol. The zero-order chi connectivity index (χ0) is 23.1. The van der Waals surface area contributed by atoms with Crippen molar-refractivity contribution in [3.63, 3.8) is 0 Å². The molecule has 0 unspecified atom stereocenters. The Morgan fingerprint density at radius 2 is 1.88 bits per heavy atom. The first-order valence-corrected chi connectivity index (χ1v) is 11.5. The Bertz CT molecular complexity index is 1290. The number of rotatable bonds is 5. The lowest BCUT2D eigenvalue weighted by molar-refractivity contribution is -0.132. The largest absolute Gasteiger partial charge is 0.497 e. The molecular formula is C28H29NO4. The SMILES string of the molecule is C=C(OC)c1ccc2c(C3CCCCC3)c3n(c2c1)CC(C(=O)O)=Cc1cc(OC)ccc1-3. The van der Waals surface area contributed by atoms with Gasteiger partial charge in [-0.3, -0.25) is 0 Å². The van der Waals surface area contributed by atoms with Crippen LogP contribution in [0.5, 0.6) is 5.75 Å². The number of aromatic nitrogens is 1. The van der Waals surface area contributed by atoms with E-state index in [9.17, 15) is 9.90 Å². The smallest absolute Gasteiger partial charge is 0.333 e. The highest BCUT2D eigenvalue weighted by atomic mass is 16.5. The average Bonchev–Trinajstić information content (AvgIpc) is 3.05. The third kappa shape index (κ3) is 3.62. The van der Waals surface area contributed by atoms with Gasteiger partial charge in [0.1, 0.15) is 11.5 Å². The molecule has 5 heteroatoms. The van der Waals surface area contributed by atoms with E-state index >= 15 is 0 Å². The number of carbonyl (C=O) groups is 1. The van der Waals surface area contributed by atoms with Crippen LogP contribution in [0, 0.1) is 0 Å². The fourth-order valence-electron chi connectivity index (χ4n) is 5.46. The molecule has 2 aliphatic rings. The number of methoxy groups -OCH3 is 2. The van der Waals surface area contributed by atoms with Crippen molar-refractivity contribution >= 4 is 28.7 Å². The van der Waals surface area contributed by atoms with Gasteiger partial charge in [-0.25, -0.2) is 4.79 Å². The molecule has 0 saturated heterocycles. The number of fused-ring (bicyclic) bond motifs is 5. The minimum Gasteiger partial charge on any atom is -0.497 e. The Balaban J connectivity index is 1.85. The number of carboxylic acids is 1. The van der Waals surface area contributed by atoms with Crippen molar-refractivity contribution < 1.29 is 19.4 Å². The first-order valence-electron chi connectivity index (χ1n) is 11.5. The summed E-state index contributed by atoms with van der Waals surface area (Å²) in [5.74, 6) is 0.863. The second-order valence-electron chi connectivity index (χ2n) is 8.97. The van der Waals surface area contributed by atoms with Gasteiger partial charge in [-0.15, -0.1) is 0 Å². The summed E-state index contributed by atoms with van der Waals surface area (Å²) < 4.78 is 13.0. The Morgan fingerprint density at radius 3 is 2.58 bits per heavy atom. The number of carboxylic acid groups (broad SMARTS) is 1. The van der Waals surface area contributed by atoms with Gasteiger partial charge in [-0.05, 0) is 60.2 Å². The molecule has 1 aromatic heterocycles. The van der Waals surface area contributed by atoms with Crippen LogP contribution in [-0.2, 0) is 16.1 Å².